The van der Waals surface area contributed by atoms with Crippen molar-refractivity contribution < 1.29 is 19.0 Å². The van der Waals surface area contributed by atoms with Crippen LogP contribution in [0.3, 0.4) is 0 Å². The Morgan fingerprint density at radius 2 is 1.96 bits per heavy atom. The summed E-state index contributed by atoms with van der Waals surface area (Å²) in [6.45, 7) is 2.62. The zero-order valence-electron chi connectivity index (χ0n) is 13.9. The van der Waals surface area contributed by atoms with Gasteiger partial charge in [-0.3, -0.25) is 4.79 Å². The minimum atomic E-state index is -0.614. The first-order valence-corrected chi connectivity index (χ1v) is 8.62. The topological polar surface area (TPSA) is 56.8 Å². The second-order valence-electron chi connectivity index (χ2n) is 5.69. The Kier molecular flexibility index (Phi) is 5.66. The van der Waals surface area contributed by atoms with Gasteiger partial charge in [0, 0.05) is 0 Å². The van der Waals surface area contributed by atoms with Crippen LogP contribution in [0.2, 0.25) is 5.02 Å². The first kappa shape index (κ1) is 17.4. The number of hydrogen-bond donors (Lipinski definition) is 1. The fourth-order valence-electron chi connectivity index (χ4n) is 2.51. The zero-order valence-corrected chi connectivity index (χ0v) is 14.7. The first-order chi connectivity index (χ1) is 12.2. The van der Waals surface area contributed by atoms with E-state index in [1.807, 2.05) is 43.3 Å². The first-order valence-electron chi connectivity index (χ1n) is 8.24. The lowest BCUT2D eigenvalue weighted by Crippen LogP contribution is -2.45. The SMILES string of the molecule is CC[C@H](Oc1ccccc1Cl)C(=O)NC[C@@H]1COc2ccccc2O1. The summed E-state index contributed by atoms with van der Waals surface area (Å²) in [5.41, 5.74) is 0. The van der Waals surface area contributed by atoms with Crippen LogP contribution in [-0.2, 0) is 4.79 Å². The highest BCUT2D eigenvalue weighted by Gasteiger charge is 2.24. The van der Waals surface area contributed by atoms with Gasteiger partial charge in [-0.15, -0.1) is 0 Å². The molecule has 1 N–H and O–H groups in total. The van der Waals surface area contributed by atoms with Crippen LogP contribution in [0.1, 0.15) is 13.3 Å². The molecule has 0 spiro atoms. The number of rotatable bonds is 6. The van der Waals surface area contributed by atoms with E-state index in [1.165, 1.54) is 0 Å². The lowest BCUT2D eigenvalue weighted by atomic mass is 10.2. The van der Waals surface area contributed by atoms with Gasteiger partial charge >= 0.3 is 0 Å². The number of para-hydroxylation sites is 3. The quantitative estimate of drug-likeness (QED) is 0.856. The van der Waals surface area contributed by atoms with Gasteiger partial charge in [0.25, 0.3) is 5.91 Å². The van der Waals surface area contributed by atoms with Gasteiger partial charge in [0.1, 0.15) is 18.5 Å². The third-order valence-corrected chi connectivity index (χ3v) is 4.15. The smallest absolute Gasteiger partial charge is 0.261 e. The molecule has 1 amide bonds. The van der Waals surface area contributed by atoms with E-state index < -0.39 is 6.10 Å². The summed E-state index contributed by atoms with van der Waals surface area (Å²) in [5, 5.41) is 3.34. The molecule has 0 saturated heterocycles. The molecule has 1 aliphatic heterocycles. The van der Waals surface area contributed by atoms with Crippen molar-refractivity contribution in [1.82, 2.24) is 5.32 Å². The molecule has 0 aromatic heterocycles. The molecule has 1 heterocycles. The van der Waals surface area contributed by atoms with Gasteiger partial charge in [-0.25, -0.2) is 0 Å². The van der Waals surface area contributed by atoms with Gasteiger partial charge < -0.3 is 19.5 Å². The van der Waals surface area contributed by atoms with Gasteiger partial charge in [-0.2, -0.15) is 0 Å². The number of hydrogen-bond acceptors (Lipinski definition) is 4. The molecule has 0 aliphatic carbocycles. The number of halogens is 1. The fraction of sp³-hybridized carbons (Fsp3) is 0.316. The lowest BCUT2D eigenvalue weighted by molar-refractivity contribution is -0.128. The number of carbonyl (C=O) groups excluding carboxylic acids is 1. The molecule has 2 aromatic rings. The van der Waals surface area contributed by atoms with E-state index in [0.29, 0.717) is 36.1 Å². The molecular weight excluding hydrogens is 342 g/mol. The monoisotopic (exact) mass is 361 g/mol. The third kappa shape index (κ3) is 4.37. The molecule has 1 aliphatic rings. The summed E-state index contributed by atoms with van der Waals surface area (Å²) in [4.78, 5) is 12.4. The van der Waals surface area contributed by atoms with Crippen LogP contribution in [0.4, 0.5) is 0 Å². The predicted octanol–water partition coefficient (Wildman–Crippen LogP) is 3.45. The molecule has 0 fully saturated rings. The van der Waals surface area contributed by atoms with Crippen LogP contribution in [0.5, 0.6) is 17.2 Å². The van der Waals surface area contributed by atoms with E-state index in [2.05, 4.69) is 5.32 Å². The van der Waals surface area contributed by atoms with Gasteiger partial charge in [0.05, 0.1) is 11.6 Å². The Labute approximate surface area is 151 Å². The Bertz CT molecular complexity index is 737. The van der Waals surface area contributed by atoms with Crippen molar-refractivity contribution in [3.05, 3.63) is 53.6 Å². The molecule has 5 nitrogen and oxygen atoms in total. The van der Waals surface area contributed by atoms with Crippen LogP contribution in [0, 0.1) is 0 Å². The number of nitrogens with one attached hydrogen (secondary N) is 1. The number of benzene rings is 2. The second kappa shape index (κ2) is 8.12. The highest BCUT2D eigenvalue weighted by molar-refractivity contribution is 6.32. The third-order valence-electron chi connectivity index (χ3n) is 3.84. The minimum absolute atomic E-state index is 0.204. The maximum atomic E-state index is 12.4. The summed E-state index contributed by atoms with van der Waals surface area (Å²) in [7, 11) is 0. The summed E-state index contributed by atoms with van der Waals surface area (Å²) in [6.07, 6.45) is -0.324. The van der Waals surface area contributed by atoms with E-state index in [0.717, 1.165) is 5.75 Å². The largest absolute Gasteiger partial charge is 0.486 e. The van der Waals surface area contributed by atoms with Crippen molar-refractivity contribution in [2.24, 2.45) is 0 Å². The Hall–Kier alpha value is -2.40. The van der Waals surface area contributed by atoms with Crippen LogP contribution < -0.4 is 19.5 Å². The molecule has 2 aromatic carbocycles. The van der Waals surface area contributed by atoms with Crippen LogP contribution >= 0.6 is 11.6 Å². The van der Waals surface area contributed by atoms with Gasteiger partial charge in [0.15, 0.2) is 17.6 Å². The van der Waals surface area contributed by atoms with Crippen LogP contribution in [0.15, 0.2) is 48.5 Å². The molecule has 0 unspecified atom stereocenters. The van der Waals surface area contributed by atoms with Crippen molar-refractivity contribution in [2.75, 3.05) is 13.2 Å². The Morgan fingerprint density at radius 1 is 1.24 bits per heavy atom. The van der Waals surface area contributed by atoms with E-state index in [9.17, 15) is 4.79 Å². The van der Waals surface area contributed by atoms with Crippen molar-refractivity contribution >= 4 is 17.5 Å². The maximum Gasteiger partial charge on any atom is 0.261 e. The Balaban J connectivity index is 1.54. The van der Waals surface area contributed by atoms with E-state index >= 15 is 0 Å². The highest BCUT2D eigenvalue weighted by atomic mass is 35.5. The van der Waals surface area contributed by atoms with Crippen molar-refractivity contribution in [3.8, 4) is 17.2 Å². The average Bonchev–Trinajstić information content (AvgIpc) is 2.65. The normalized spacial score (nSPS) is 16.8. The van der Waals surface area contributed by atoms with Gasteiger partial charge in [0.2, 0.25) is 0 Å². The molecule has 0 radical (unpaired) electrons. The zero-order chi connectivity index (χ0) is 17.6. The van der Waals surface area contributed by atoms with Crippen molar-refractivity contribution in [1.29, 1.82) is 0 Å². The molecule has 25 heavy (non-hydrogen) atoms. The molecule has 0 bridgehead atoms. The minimum Gasteiger partial charge on any atom is -0.486 e. The van der Waals surface area contributed by atoms with E-state index in [-0.39, 0.29) is 12.0 Å². The second-order valence-corrected chi connectivity index (χ2v) is 6.10. The number of amides is 1. The van der Waals surface area contributed by atoms with Gasteiger partial charge in [-0.1, -0.05) is 42.8 Å². The summed E-state index contributed by atoms with van der Waals surface area (Å²) >= 11 is 6.08. The number of ether oxygens (including phenoxy) is 3. The number of fused-ring (bicyclic) bond motifs is 1. The predicted molar refractivity (Wildman–Crippen MR) is 95.5 cm³/mol. The van der Waals surface area contributed by atoms with Crippen LogP contribution in [-0.4, -0.2) is 31.3 Å². The molecule has 0 saturated carbocycles. The van der Waals surface area contributed by atoms with Crippen LogP contribution in [0.25, 0.3) is 0 Å². The standard InChI is InChI=1S/C19H20ClNO4/c1-2-15(25-16-8-4-3-7-14(16)20)19(22)21-11-13-12-23-17-9-5-6-10-18(17)24-13/h3-10,13,15H,2,11-12H2,1H3,(H,21,22)/t13-,15+/m1/s1. The number of carbonyl (C=O) groups is 1. The average molecular weight is 362 g/mol. The molecular formula is C19H20ClNO4. The molecule has 2 atom stereocenters. The summed E-state index contributed by atoms with van der Waals surface area (Å²) in [6, 6.07) is 14.6. The van der Waals surface area contributed by atoms with Gasteiger partial charge in [-0.05, 0) is 30.7 Å². The molecule has 132 valence electrons. The maximum absolute atomic E-state index is 12.4. The molecule has 3 rings (SSSR count). The van der Waals surface area contributed by atoms with E-state index in [1.54, 1.807) is 12.1 Å². The fourth-order valence-corrected chi connectivity index (χ4v) is 2.69. The van der Waals surface area contributed by atoms with Crippen molar-refractivity contribution in [3.63, 3.8) is 0 Å². The molecule has 6 heteroatoms. The summed E-state index contributed by atoms with van der Waals surface area (Å²) in [5.74, 6) is 1.70. The summed E-state index contributed by atoms with van der Waals surface area (Å²) < 4.78 is 17.2. The highest BCUT2D eigenvalue weighted by Crippen LogP contribution is 2.30. The lowest BCUT2D eigenvalue weighted by Gasteiger charge is -2.27. The Morgan fingerprint density at radius 3 is 2.72 bits per heavy atom. The van der Waals surface area contributed by atoms with Crippen molar-refractivity contribution in [2.45, 2.75) is 25.6 Å². The van der Waals surface area contributed by atoms with E-state index in [4.69, 9.17) is 25.8 Å².